The van der Waals surface area contributed by atoms with Gasteiger partial charge in [-0.2, -0.15) is 0 Å². The molecule has 0 atom stereocenters. The molecule has 0 aromatic heterocycles. The highest BCUT2D eigenvalue weighted by Gasteiger charge is 2.08. The molecule has 0 spiro atoms. The molecule has 0 aliphatic heterocycles. The van der Waals surface area contributed by atoms with Gasteiger partial charge in [0.15, 0.2) is 6.61 Å². The summed E-state index contributed by atoms with van der Waals surface area (Å²) >= 11 is 3.34. The van der Waals surface area contributed by atoms with Crippen molar-refractivity contribution >= 4 is 33.5 Å². The number of benzene rings is 2. The number of hydrogen-bond donors (Lipinski definition) is 1. The number of nitrogens with one attached hydrogen (secondary N) is 1. The number of halogens is 1. The molecular formula is C18H18BrNO5. The van der Waals surface area contributed by atoms with Crippen molar-refractivity contribution in [3.8, 4) is 11.5 Å². The summed E-state index contributed by atoms with van der Waals surface area (Å²) in [7, 11) is 1.56. The summed E-state index contributed by atoms with van der Waals surface area (Å²) in [5.74, 6) is 0.431. The van der Waals surface area contributed by atoms with E-state index < -0.39 is 11.9 Å². The molecule has 0 heterocycles. The van der Waals surface area contributed by atoms with Crippen molar-refractivity contribution in [1.29, 1.82) is 0 Å². The second-order valence-electron chi connectivity index (χ2n) is 4.99. The monoisotopic (exact) mass is 407 g/mol. The molecule has 0 saturated carbocycles. The predicted molar refractivity (Wildman–Crippen MR) is 96.8 cm³/mol. The van der Waals surface area contributed by atoms with Crippen molar-refractivity contribution in [2.24, 2.45) is 0 Å². The number of ether oxygens (including phenoxy) is 3. The maximum absolute atomic E-state index is 11.7. The summed E-state index contributed by atoms with van der Waals surface area (Å²) in [6.45, 7) is -0.170. The summed E-state index contributed by atoms with van der Waals surface area (Å²) < 4.78 is 16.3. The molecule has 1 N–H and O–H groups in total. The van der Waals surface area contributed by atoms with Crippen molar-refractivity contribution in [3.63, 3.8) is 0 Å². The predicted octanol–water partition coefficient (Wildman–Crippen LogP) is 3.41. The molecule has 0 fully saturated rings. The van der Waals surface area contributed by atoms with Gasteiger partial charge in [-0.15, -0.1) is 0 Å². The van der Waals surface area contributed by atoms with Crippen LogP contribution in [0.3, 0.4) is 0 Å². The normalized spacial score (nSPS) is 10.0. The van der Waals surface area contributed by atoms with Gasteiger partial charge < -0.3 is 19.5 Å². The first-order valence-corrected chi connectivity index (χ1v) is 8.34. The van der Waals surface area contributed by atoms with E-state index in [1.165, 1.54) is 0 Å². The van der Waals surface area contributed by atoms with Crippen molar-refractivity contribution < 1.29 is 23.8 Å². The molecular weight excluding hydrogens is 390 g/mol. The van der Waals surface area contributed by atoms with E-state index >= 15 is 0 Å². The van der Waals surface area contributed by atoms with Crippen LogP contribution < -0.4 is 14.8 Å². The van der Waals surface area contributed by atoms with Crippen LogP contribution in [0.15, 0.2) is 53.0 Å². The highest BCUT2D eigenvalue weighted by atomic mass is 79.9. The van der Waals surface area contributed by atoms with Crippen molar-refractivity contribution in [1.82, 2.24) is 0 Å². The van der Waals surface area contributed by atoms with Crippen molar-refractivity contribution in [2.75, 3.05) is 25.6 Å². The Bertz CT molecular complexity index is 718. The number of carbonyl (C=O) groups excluding carboxylic acids is 2. The third-order valence-electron chi connectivity index (χ3n) is 3.11. The van der Waals surface area contributed by atoms with Gasteiger partial charge in [0.05, 0.1) is 20.1 Å². The van der Waals surface area contributed by atoms with E-state index in [1.54, 1.807) is 43.5 Å². The third kappa shape index (κ3) is 6.84. The Morgan fingerprint density at radius 1 is 1.08 bits per heavy atom. The highest BCUT2D eigenvalue weighted by molar-refractivity contribution is 9.10. The van der Waals surface area contributed by atoms with Crippen LogP contribution in [-0.2, 0) is 14.3 Å². The molecule has 2 rings (SSSR count). The number of hydrogen-bond acceptors (Lipinski definition) is 5. The number of anilines is 1. The summed E-state index contributed by atoms with van der Waals surface area (Å²) in [6, 6.07) is 14.1. The number of carbonyl (C=O) groups is 2. The molecule has 0 bridgehead atoms. The lowest BCUT2D eigenvalue weighted by Gasteiger charge is -2.08. The fourth-order valence-corrected chi connectivity index (χ4v) is 2.28. The summed E-state index contributed by atoms with van der Waals surface area (Å²) in [4.78, 5) is 23.4. The zero-order valence-corrected chi connectivity index (χ0v) is 15.2. The number of amides is 1. The van der Waals surface area contributed by atoms with Gasteiger partial charge in [0, 0.05) is 10.2 Å². The van der Waals surface area contributed by atoms with Crippen LogP contribution >= 0.6 is 15.9 Å². The van der Waals surface area contributed by atoms with Gasteiger partial charge in [-0.3, -0.25) is 9.59 Å². The molecule has 1 amide bonds. The zero-order valence-electron chi connectivity index (χ0n) is 13.7. The van der Waals surface area contributed by atoms with Crippen molar-refractivity contribution in [2.45, 2.75) is 6.42 Å². The van der Waals surface area contributed by atoms with Gasteiger partial charge in [-0.25, -0.2) is 0 Å². The van der Waals surface area contributed by atoms with E-state index in [0.29, 0.717) is 17.2 Å². The Labute approximate surface area is 154 Å². The molecule has 0 aliphatic rings. The smallest absolute Gasteiger partial charge is 0.309 e. The largest absolute Gasteiger partial charge is 0.497 e. The molecule has 2 aromatic carbocycles. The SMILES string of the molecule is COc1ccc(NC(=O)COC(=O)CCOc2cccc(Br)c2)cc1. The summed E-state index contributed by atoms with van der Waals surface area (Å²) in [5, 5.41) is 2.63. The highest BCUT2D eigenvalue weighted by Crippen LogP contribution is 2.18. The van der Waals surface area contributed by atoms with E-state index in [9.17, 15) is 9.59 Å². The van der Waals surface area contributed by atoms with Crippen LogP contribution in [-0.4, -0.2) is 32.2 Å². The van der Waals surface area contributed by atoms with Crippen LogP contribution in [0.5, 0.6) is 11.5 Å². The Morgan fingerprint density at radius 2 is 1.84 bits per heavy atom. The van der Waals surface area contributed by atoms with Gasteiger partial charge in [-0.05, 0) is 42.5 Å². The lowest BCUT2D eigenvalue weighted by atomic mass is 10.3. The van der Waals surface area contributed by atoms with Gasteiger partial charge in [-0.1, -0.05) is 22.0 Å². The Balaban J connectivity index is 1.65. The Kier molecular flexibility index (Phi) is 7.28. The molecule has 0 radical (unpaired) electrons. The first kappa shape index (κ1) is 18.8. The number of rotatable bonds is 8. The number of methoxy groups -OCH3 is 1. The maximum Gasteiger partial charge on any atom is 0.309 e. The summed E-state index contributed by atoms with van der Waals surface area (Å²) in [6.07, 6.45) is 0.0579. The van der Waals surface area contributed by atoms with Crippen molar-refractivity contribution in [3.05, 3.63) is 53.0 Å². The van der Waals surface area contributed by atoms with Crippen LogP contribution in [0.1, 0.15) is 6.42 Å². The second-order valence-corrected chi connectivity index (χ2v) is 5.91. The molecule has 7 heteroatoms. The van der Waals surface area contributed by atoms with Gasteiger partial charge in [0.25, 0.3) is 5.91 Å². The lowest BCUT2D eigenvalue weighted by molar-refractivity contribution is -0.147. The quantitative estimate of drug-likeness (QED) is 0.678. The average molecular weight is 408 g/mol. The van der Waals surface area contributed by atoms with Gasteiger partial charge >= 0.3 is 5.97 Å². The Morgan fingerprint density at radius 3 is 2.52 bits per heavy atom. The molecule has 0 aliphatic carbocycles. The zero-order chi connectivity index (χ0) is 18.1. The first-order valence-electron chi connectivity index (χ1n) is 7.55. The first-order chi connectivity index (χ1) is 12.1. The van der Waals surface area contributed by atoms with Crippen LogP contribution in [0.2, 0.25) is 0 Å². The van der Waals surface area contributed by atoms with Crippen LogP contribution in [0.4, 0.5) is 5.69 Å². The molecule has 2 aromatic rings. The average Bonchev–Trinajstić information content (AvgIpc) is 2.61. The fourth-order valence-electron chi connectivity index (χ4n) is 1.90. The number of esters is 1. The third-order valence-corrected chi connectivity index (χ3v) is 3.60. The van der Waals surface area contributed by atoms with E-state index in [-0.39, 0.29) is 19.6 Å². The topological polar surface area (TPSA) is 73.9 Å². The molecule has 132 valence electrons. The van der Waals surface area contributed by atoms with Crippen LogP contribution in [0.25, 0.3) is 0 Å². The standard InChI is InChI=1S/C18H18BrNO5/c1-23-15-7-5-14(6-8-15)20-17(21)12-25-18(22)9-10-24-16-4-2-3-13(19)11-16/h2-8,11H,9-10,12H2,1H3,(H,20,21). The van der Waals surface area contributed by atoms with Crippen LogP contribution in [0, 0.1) is 0 Å². The van der Waals surface area contributed by atoms with Gasteiger partial charge in [0.1, 0.15) is 11.5 Å². The molecule has 0 unspecified atom stereocenters. The molecule has 25 heavy (non-hydrogen) atoms. The lowest BCUT2D eigenvalue weighted by Crippen LogP contribution is -2.21. The minimum atomic E-state index is -0.500. The van der Waals surface area contributed by atoms with E-state index in [2.05, 4.69) is 21.2 Å². The van der Waals surface area contributed by atoms with Gasteiger partial charge in [0.2, 0.25) is 0 Å². The maximum atomic E-state index is 11.7. The van der Waals surface area contributed by atoms with E-state index in [4.69, 9.17) is 14.2 Å². The van der Waals surface area contributed by atoms with E-state index in [0.717, 1.165) is 4.47 Å². The van der Waals surface area contributed by atoms with E-state index in [1.807, 2.05) is 12.1 Å². The second kappa shape index (κ2) is 9.68. The minimum Gasteiger partial charge on any atom is -0.497 e. The molecule has 0 saturated heterocycles. The minimum absolute atomic E-state index is 0.0579. The summed E-state index contributed by atoms with van der Waals surface area (Å²) in [5.41, 5.74) is 0.597. The Hall–Kier alpha value is -2.54. The molecule has 6 nitrogen and oxygen atoms in total. The fraction of sp³-hybridized carbons (Fsp3) is 0.222.